The summed E-state index contributed by atoms with van der Waals surface area (Å²) in [6.45, 7) is 1.86. The maximum Gasteiger partial charge on any atom is 0.341 e. The topological polar surface area (TPSA) is 44.0 Å². The molecule has 0 aliphatic heterocycles. The van der Waals surface area contributed by atoms with Crippen molar-refractivity contribution >= 4 is 57.7 Å². The van der Waals surface area contributed by atoms with Crippen molar-refractivity contribution in [2.75, 3.05) is 0 Å². The quantitative estimate of drug-likeness (QED) is 0.750. The molecule has 102 valence electrons. The van der Waals surface area contributed by atoms with Crippen LogP contribution < -0.4 is 11.2 Å². The summed E-state index contributed by atoms with van der Waals surface area (Å²) in [5.74, 6) is 0. The van der Waals surface area contributed by atoms with Gasteiger partial charge in [0.2, 0.25) is 0 Å². The Morgan fingerprint density at radius 1 is 1.21 bits per heavy atom. The van der Waals surface area contributed by atoms with Gasteiger partial charge in [-0.25, -0.2) is 4.79 Å². The van der Waals surface area contributed by atoms with Crippen LogP contribution in [0.5, 0.6) is 0 Å². The third kappa shape index (κ3) is 2.94. The van der Waals surface area contributed by atoms with E-state index in [1.54, 1.807) is 19.2 Å². The highest BCUT2D eigenvalue weighted by molar-refractivity contribution is 8.03. The van der Waals surface area contributed by atoms with Crippen LogP contribution in [0, 0.1) is 6.92 Å². The van der Waals surface area contributed by atoms with Crippen molar-refractivity contribution in [3.8, 4) is 0 Å². The summed E-state index contributed by atoms with van der Waals surface area (Å²) in [4.78, 5) is 24.4. The van der Waals surface area contributed by atoms with Gasteiger partial charge in [-0.1, -0.05) is 46.4 Å². The van der Waals surface area contributed by atoms with Crippen LogP contribution in [0.2, 0.25) is 0 Å². The minimum atomic E-state index is -1.78. The van der Waals surface area contributed by atoms with Gasteiger partial charge in [0, 0.05) is 19.0 Å². The van der Waals surface area contributed by atoms with Gasteiger partial charge in [-0.2, -0.15) is 3.97 Å². The molecule has 0 fully saturated rings. The van der Waals surface area contributed by atoms with Gasteiger partial charge in [0.25, 0.3) is 8.68 Å². The first-order valence-electron chi connectivity index (χ1n) is 5.19. The molecule has 4 nitrogen and oxygen atoms in total. The van der Waals surface area contributed by atoms with Crippen LogP contribution in [0.4, 0.5) is 0 Å². The summed E-state index contributed by atoms with van der Waals surface area (Å²) in [7, 11) is 1.56. The number of halogens is 3. The normalized spacial score (nSPS) is 12.1. The van der Waals surface area contributed by atoms with Gasteiger partial charge >= 0.3 is 5.69 Å². The van der Waals surface area contributed by atoms with Crippen LogP contribution in [0.1, 0.15) is 5.56 Å². The molecule has 1 aromatic carbocycles. The van der Waals surface area contributed by atoms with E-state index in [1.807, 2.05) is 13.0 Å². The number of hydrogen-bond donors (Lipinski definition) is 0. The third-order valence-electron chi connectivity index (χ3n) is 2.58. The van der Waals surface area contributed by atoms with E-state index in [0.29, 0.717) is 22.9 Å². The largest absolute Gasteiger partial charge is 0.341 e. The molecule has 0 aliphatic rings. The molecule has 0 saturated carbocycles. The fourth-order valence-corrected chi connectivity index (χ4v) is 2.94. The number of hydrogen-bond acceptors (Lipinski definition) is 3. The lowest BCUT2D eigenvalue weighted by Gasteiger charge is -2.13. The second kappa shape index (κ2) is 5.05. The van der Waals surface area contributed by atoms with Crippen LogP contribution in [0.3, 0.4) is 0 Å². The summed E-state index contributed by atoms with van der Waals surface area (Å²) in [6, 6.07) is 5.25. The van der Waals surface area contributed by atoms with Crippen molar-refractivity contribution in [1.29, 1.82) is 0 Å². The molecule has 1 aromatic heterocycles. The molecule has 2 aromatic rings. The summed E-state index contributed by atoms with van der Waals surface area (Å²) in [5.41, 5.74) is 0.422. The molecule has 0 saturated heterocycles. The van der Waals surface area contributed by atoms with Gasteiger partial charge in [-0.15, -0.1) is 0 Å². The highest BCUT2D eigenvalue weighted by Crippen LogP contribution is 2.38. The van der Waals surface area contributed by atoms with Crippen LogP contribution in [0.15, 0.2) is 27.8 Å². The lowest BCUT2D eigenvalue weighted by molar-refractivity contribution is 0.820. The predicted octanol–water partition coefficient (Wildman–Crippen LogP) is 2.83. The SMILES string of the molecule is Cc1ccc2c(c1)c(=O)n(SC(Cl)(Cl)Cl)c(=O)n2C. The van der Waals surface area contributed by atoms with E-state index >= 15 is 0 Å². The molecule has 0 radical (unpaired) electrons. The summed E-state index contributed by atoms with van der Waals surface area (Å²) in [5, 5.41) is 0.406. The Labute approximate surface area is 128 Å². The van der Waals surface area contributed by atoms with E-state index < -0.39 is 14.4 Å². The molecule has 8 heteroatoms. The van der Waals surface area contributed by atoms with E-state index in [2.05, 4.69) is 0 Å². The Balaban J connectivity index is 2.87. The number of aromatic nitrogens is 2. The molecular formula is C11H9Cl3N2O2S. The summed E-state index contributed by atoms with van der Waals surface area (Å²) < 4.78 is 0.418. The number of alkyl halides is 3. The van der Waals surface area contributed by atoms with E-state index in [0.717, 1.165) is 9.54 Å². The number of aryl methyl sites for hydroxylation is 2. The van der Waals surface area contributed by atoms with Gasteiger partial charge in [-0.05, 0) is 19.1 Å². The average molecular weight is 340 g/mol. The number of rotatable bonds is 1. The van der Waals surface area contributed by atoms with Crippen LogP contribution in [-0.4, -0.2) is 11.7 Å². The standard InChI is InChI=1S/C11H9Cl3N2O2S/c1-6-3-4-8-7(5-6)9(17)16(10(18)15(8)2)19-11(12,13)14/h3-5H,1-2H3. The molecule has 0 aliphatic carbocycles. The molecule has 2 rings (SSSR count). The third-order valence-corrected chi connectivity index (χ3v) is 3.92. The maximum absolute atomic E-state index is 12.3. The van der Waals surface area contributed by atoms with Crippen LogP contribution in [-0.2, 0) is 7.05 Å². The zero-order chi connectivity index (χ0) is 14.4. The Bertz CT molecular complexity index is 761. The van der Waals surface area contributed by atoms with Crippen molar-refractivity contribution in [3.05, 3.63) is 44.6 Å². The first-order chi connectivity index (χ1) is 8.70. The van der Waals surface area contributed by atoms with Gasteiger partial charge in [-0.3, -0.25) is 9.36 Å². The summed E-state index contributed by atoms with van der Waals surface area (Å²) in [6.07, 6.45) is 0. The molecule has 0 N–H and O–H groups in total. The smallest absolute Gasteiger partial charge is 0.295 e. The van der Waals surface area contributed by atoms with Gasteiger partial charge < -0.3 is 0 Å². The molecule has 0 bridgehead atoms. The van der Waals surface area contributed by atoms with Crippen molar-refractivity contribution in [1.82, 2.24) is 8.54 Å². The van der Waals surface area contributed by atoms with E-state index in [1.165, 1.54) is 4.57 Å². The second-order valence-electron chi connectivity index (χ2n) is 4.00. The zero-order valence-corrected chi connectivity index (χ0v) is 13.1. The van der Waals surface area contributed by atoms with Gasteiger partial charge in [0.15, 0.2) is 0 Å². The fourth-order valence-electron chi connectivity index (χ4n) is 1.73. The summed E-state index contributed by atoms with van der Waals surface area (Å²) >= 11 is 17.5. The van der Waals surface area contributed by atoms with E-state index in [9.17, 15) is 9.59 Å². The molecule has 19 heavy (non-hydrogen) atoms. The number of benzene rings is 1. The highest BCUT2D eigenvalue weighted by Gasteiger charge is 2.25. The molecule has 0 atom stereocenters. The molecule has 0 spiro atoms. The van der Waals surface area contributed by atoms with Gasteiger partial charge in [0.05, 0.1) is 10.9 Å². The maximum atomic E-state index is 12.3. The molecule has 0 unspecified atom stereocenters. The highest BCUT2D eigenvalue weighted by atomic mass is 35.6. The predicted molar refractivity (Wildman–Crippen MR) is 81.5 cm³/mol. The number of fused-ring (bicyclic) bond motifs is 1. The van der Waals surface area contributed by atoms with Crippen molar-refractivity contribution < 1.29 is 0 Å². The first-order valence-corrected chi connectivity index (χ1v) is 7.10. The Kier molecular flexibility index (Phi) is 3.93. The van der Waals surface area contributed by atoms with Crippen LogP contribution in [0.25, 0.3) is 10.9 Å². The van der Waals surface area contributed by atoms with Crippen molar-refractivity contribution in [2.45, 2.75) is 10.0 Å². The Morgan fingerprint density at radius 3 is 2.42 bits per heavy atom. The monoisotopic (exact) mass is 338 g/mol. The average Bonchev–Trinajstić information content (AvgIpc) is 2.30. The lowest BCUT2D eigenvalue weighted by atomic mass is 10.2. The van der Waals surface area contributed by atoms with Gasteiger partial charge in [0.1, 0.15) is 0 Å². The zero-order valence-electron chi connectivity index (χ0n) is 9.99. The molecular weight excluding hydrogens is 331 g/mol. The van der Waals surface area contributed by atoms with E-state index in [-0.39, 0.29) is 0 Å². The lowest BCUT2D eigenvalue weighted by Crippen LogP contribution is -2.37. The minimum absolute atomic E-state index is 0.406. The van der Waals surface area contributed by atoms with Crippen molar-refractivity contribution in [3.63, 3.8) is 0 Å². The molecule has 0 amide bonds. The van der Waals surface area contributed by atoms with Crippen molar-refractivity contribution in [2.24, 2.45) is 7.05 Å². The Hall–Kier alpha value is -0.620. The van der Waals surface area contributed by atoms with Crippen LogP contribution >= 0.6 is 46.8 Å². The first kappa shape index (κ1) is 14.8. The fraction of sp³-hybridized carbons (Fsp3) is 0.273. The second-order valence-corrected chi connectivity index (χ2v) is 8.11. The number of nitrogens with zero attached hydrogens (tertiary/aromatic N) is 2. The van der Waals surface area contributed by atoms with E-state index in [4.69, 9.17) is 34.8 Å². The molecule has 1 heterocycles. The Morgan fingerprint density at radius 2 is 1.84 bits per heavy atom. The minimum Gasteiger partial charge on any atom is -0.295 e.